The van der Waals surface area contributed by atoms with Crippen LogP contribution in [0.3, 0.4) is 0 Å². The Hall–Kier alpha value is -2.58. The van der Waals surface area contributed by atoms with Crippen molar-refractivity contribution >= 4 is 23.2 Å². The highest BCUT2D eigenvalue weighted by Crippen LogP contribution is 2.23. The third kappa shape index (κ3) is 5.77. The monoisotopic (exact) mass is 440 g/mol. The summed E-state index contributed by atoms with van der Waals surface area (Å²) in [6.07, 6.45) is 8.12. The molecule has 8 heteroatoms. The van der Waals surface area contributed by atoms with Gasteiger partial charge in [0.1, 0.15) is 0 Å². The highest BCUT2D eigenvalue weighted by Gasteiger charge is 2.34. The lowest BCUT2D eigenvalue weighted by Crippen LogP contribution is -2.43. The van der Waals surface area contributed by atoms with Gasteiger partial charge in [-0.3, -0.25) is 14.6 Å². The Morgan fingerprint density at radius 1 is 1.26 bits per heavy atom. The van der Waals surface area contributed by atoms with Crippen LogP contribution in [-0.4, -0.2) is 57.3 Å². The third-order valence-electron chi connectivity index (χ3n) is 5.67. The summed E-state index contributed by atoms with van der Waals surface area (Å²) in [5, 5.41) is 2.96. The maximum Gasteiger partial charge on any atom is 0.242 e. The molecule has 4 rings (SSSR count). The van der Waals surface area contributed by atoms with Crippen LogP contribution >= 0.6 is 11.3 Å². The van der Waals surface area contributed by atoms with Gasteiger partial charge in [0, 0.05) is 30.6 Å². The quantitative estimate of drug-likeness (QED) is 0.646. The number of ether oxygens (including phenoxy) is 1. The lowest BCUT2D eigenvalue weighted by atomic mass is 9.93. The Kier molecular flexibility index (Phi) is 7.09. The van der Waals surface area contributed by atoms with E-state index in [-0.39, 0.29) is 30.4 Å². The van der Waals surface area contributed by atoms with Crippen molar-refractivity contribution < 1.29 is 14.3 Å². The van der Waals surface area contributed by atoms with Gasteiger partial charge in [-0.15, -0.1) is 11.3 Å². The zero-order valence-corrected chi connectivity index (χ0v) is 18.6. The Morgan fingerprint density at radius 2 is 2.16 bits per heavy atom. The van der Waals surface area contributed by atoms with E-state index in [0.717, 1.165) is 35.7 Å². The van der Waals surface area contributed by atoms with E-state index in [0.29, 0.717) is 26.2 Å². The van der Waals surface area contributed by atoms with E-state index < -0.39 is 0 Å². The third-order valence-corrected chi connectivity index (χ3v) is 6.49. The van der Waals surface area contributed by atoms with Crippen LogP contribution in [0.4, 0.5) is 0 Å². The average molecular weight is 441 g/mol. The molecule has 0 spiro atoms. The topological polar surface area (TPSA) is 75.6 Å². The number of thiazole rings is 1. The number of carbonyl (C=O) groups is 2. The standard InChI is InChI=1S/C23H28N4O3S/c1-17-25-20(16-31-17)11-26-12-21(30-15-19-9-5-6-10-24-19)13-27(14-22(26)28)23(29)18-7-3-2-4-8-18/h2-3,5-6,9-10,16,18,21H,4,7-8,11-15H2,1H3/t18-,21-/m1/s1. The van der Waals surface area contributed by atoms with Gasteiger partial charge in [-0.1, -0.05) is 18.2 Å². The number of aromatic nitrogens is 2. The Balaban J connectivity index is 1.49. The second kappa shape index (κ2) is 10.2. The van der Waals surface area contributed by atoms with Crippen molar-refractivity contribution in [1.82, 2.24) is 19.8 Å². The maximum atomic E-state index is 13.2. The minimum Gasteiger partial charge on any atom is -0.368 e. The second-order valence-corrected chi connectivity index (χ2v) is 9.15. The second-order valence-electron chi connectivity index (χ2n) is 8.09. The molecule has 0 saturated carbocycles. The lowest BCUT2D eigenvalue weighted by Gasteiger charge is -2.28. The SMILES string of the molecule is Cc1nc(CN2C[C@@H](OCc3ccccn3)CN(C(=O)[C@@H]3CC=CCC3)CC2=O)cs1. The summed E-state index contributed by atoms with van der Waals surface area (Å²) < 4.78 is 6.16. The van der Waals surface area contributed by atoms with Crippen LogP contribution in [0.15, 0.2) is 41.9 Å². The van der Waals surface area contributed by atoms with Crippen LogP contribution in [0.2, 0.25) is 0 Å². The van der Waals surface area contributed by atoms with Gasteiger partial charge in [-0.05, 0) is 38.3 Å². The fourth-order valence-electron chi connectivity index (χ4n) is 4.04. The smallest absolute Gasteiger partial charge is 0.242 e. The van der Waals surface area contributed by atoms with E-state index in [1.165, 1.54) is 0 Å². The van der Waals surface area contributed by atoms with Crippen LogP contribution in [0.1, 0.15) is 35.7 Å². The van der Waals surface area contributed by atoms with Crippen molar-refractivity contribution in [3.63, 3.8) is 0 Å². The molecule has 2 atom stereocenters. The number of aryl methyl sites for hydroxylation is 1. The fourth-order valence-corrected chi connectivity index (χ4v) is 4.65. The Morgan fingerprint density at radius 3 is 2.87 bits per heavy atom. The molecule has 1 aliphatic heterocycles. The van der Waals surface area contributed by atoms with Crippen LogP contribution in [0, 0.1) is 12.8 Å². The molecule has 1 fully saturated rings. The number of hydrogen-bond acceptors (Lipinski definition) is 6. The predicted octanol–water partition coefficient (Wildman–Crippen LogP) is 2.96. The number of nitrogens with zero attached hydrogens (tertiary/aromatic N) is 4. The first-order valence-electron chi connectivity index (χ1n) is 10.7. The van der Waals surface area contributed by atoms with Gasteiger partial charge in [0.2, 0.25) is 11.8 Å². The first kappa shape index (κ1) is 21.6. The van der Waals surface area contributed by atoms with Crippen molar-refractivity contribution in [2.24, 2.45) is 5.92 Å². The largest absolute Gasteiger partial charge is 0.368 e. The molecule has 0 aromatic carbocycles. The Labute approximate surface area is 186 Å². The van der Waals surface area contributed by atoms with E-state index in [9.17, 15) is 9.59 Å². The summed E-state index contributed by atoms with van der Waals surface area (Å²) >= 11 is 1.57. The van der Waals surface area contributed by atoms with Gasteiger partial charge in [-0.2, -0.15) is 0 Å². The van der Waals surface area contributed by atoms with Gasteiger partial charge in [0.05, 0.1) is 42.2 Å². The van der Waals surface area contributed by atoms with Crippen LogP contribution in [-0.2, 0) is 27.5 Å². The highest BCUT2D eigenvalue weighted by molar-refractivity contribution is 7.09. The average Bonchev–Trinajstić information content (AvgIpc) is 3.14. The number of hydrogen-bond donors (Lipinski definition) is 0. The Bertz CT molecular complexity index is 930. The molecule has 2 aromatic rings. The molecule has 0 unspecified atom stereocenters. The normalized spacial score (nSPS) is 21.9. The molecule has 3 heterocycles. The number of rotatable bonds is 6. The van der Waals surface area contributed by atoms with Crippen molar-refractivity contribution in [3.05, 3.63) is 58.3 Å². The molecule has 2 aliphatic rings. The van der Waals surface area contributed by atoms with Gasteiger partial charge in [0.25, 0.3) is 0 Å². The predicted molar refractivity (Wildman–Crippen MR) is 118 cm³/mol. The van der Waals surface area contributed by atoms with E-state index in [4.69, 9.17) is 4.74 Å². The summed E-state index contributed by atoms with van der Waals surface area (Å²) in [6.45, 7) is 3.65. The highest BCUT2D eigenvalue weighted by atomic mass is 32.1. The van der Waals surface area contributed by atoms with Crippen LogP contribution in [0.5, 0.6) is 0 Å². The molecule has 0 N–H and O–H groups in total. The maximum absolute atomic E-state index is 13.2. The molecule has 2 aromatic heterocycles. The molecule has 1 saturated heterocycles. The molecule has 7 nitrogen and oxygen atoms in total. The molecule has 31 heavy (non-hydrogen) atoms. The van der Waals surface area contributed by atoms with E-state index in [1.54, 1.807) is 27.3 Å². The van der Waals surface area contributed by atoms with Gasteiger partial charge >= 0.3 is 0 Å². The summed E-state index contributed by atoms with van der Waals surface area (Å²) in [5.41, 5.74) is 1.70. The summed E-state index contributed by atoms with van der Waals surface area (Å²) in [4.78, 5) is 38.5. The fraction of sp³-hybridized carbons (Fsp3) is 0.478. The molecule has 1 aliphatic carbocycles. The number of amides is 2. The number of pyridine rings is 1. The van der Waals surface area contributed by atoms with Crippen LogP contribution in [0.25, 0.3) is 0 Å². The molecule has 2 amide bonds. The minimum atomic E-state index is -0.281. The van der Waals surface area contributed by atoms with E-state index in [2.05, 4.69) is 22.1 Å². The van der Waals surface area contributed by atoms with Crippen molar-refractivity contribution in [2.75, 3.05) is 19.6 Å². The zero-order chi connectivity index (χ0) is 21.6. The number of allylic oxidation sites excluding steroid dienone is 2. The van der Waals surface area contributed by atoms with E-state index in [1.807, 2.05) is 30.5 Å². The molecule has 0 bridgehead atoms. The molecular weight excluding hydrogens is 412 g/mol. The van der Waals surface area contributed by atoms with Gasteiger partial charge < -0.3 is 14.5 Å². The van der Waals surface area contributed by atoms with Crippen molar-refractivity contribution in [2.45, 2.75) is 45.4 Å². The number of carbonyl (C=O) groups excluding carboxylic acids is 2. The molecular formula is C23H28N4O3S. The zero-order valence-electron chi connectivity index (χ0n) is 17.8. The van der Waals surface area contributed by atoms with Crippen molar-refractivity contribution in [1.29, 1.82) is 0 Å². The summed E-state index contributed by atoms with van der Waals surface area (Å²) in [5.74, 6) is -0.0632. The van der Waals surface area contributed by atoms with Crippen LogP contribution < -0.4 is 0 Å². The first-order chi connectivity index (χ1) is 15.1. The van der Waals surface area contributed by atoms with E-state index >= 15 is 0 Å². The summed E-state index contributed by atoms with van der Waals surface area (Å²) in [7, 11) is 0. The molecule has 164 valence electrons. The first-order valence-corrected chi connectivity index (χ1v) is 11.6. The van der Waals surface area contributed by atoms with Gasteiger partial charge in [0.15, 0.2) is 0 Å². The van der Waals surface area contributed by atoms with Gasteiger partial charge in [-0.25, -0.2) is 4.98 Å². The van der Waals surface area contributed by atoms with Crippen molar-refractivity contribution in [3.8, 4) is 0 Å². The molecule has 0 radical (unpaired) electrons. The minimum absolute atomic E-state index is 0.0514. The summed E-state index contributed by atoms with van der Waals surface area (Å²) in [6, 6.07) is 5.70. The lowest BCUT2D eigenvalue weighted by molar-refractivity contribution is -0.141.